The summed E-state index contributed by atoms with van der Waals surface area (Å²) in [4.78, 5) is 12.9. The molecule has 0 amide bonds. The second-order valence-electron chi connectivity index (χ2n) is 9.04. The zero-order valence-electron chi connectivity index (χ0n) is 16.5. The lowest BCUT2D eigenvalue weighted by Crippen LogP contribution is -2.49. The molecular formula is C22H32O3. The van der Waals surface area contributed by atoms with E-state index in [1.807, 2.05) is 19.9 Å². The standard InChI is InChI=1S/C22H32O3/c1-14(2)25-20(23)17-13-19-21(3,4)10-7-11-22(19,5)18-12-15(24-6)8-9-16(17)18/h8-9,12,14,17,19H,7,10-11,13H2,1-6H3/t17-,19-,22+/m1/s1. The van der Waals surface area contributed by atoms with Crippen LogP contribution in [0.3, 0.4) is 0 Å². The van der Waals surface area contributed by atoms with Crippen molar-refractivity contribution in [2.24, 2.45) is 11.3 Å². The molecule has 1 aromatic rings. The molecule has 138 valence electrons. The van der Waals surface area contributed by atoms with Crippen molar-refractivity contribution in [2.45, 2.75) is 77.7 Å². The van der Waals surface area contributed by atoms with Crippen LogP contribution >= 0.6 is 0 Å². The van der Waals surface area contributed by atoms with Crippen molar-refractivity contribution in [3.05, 3.63) is 29.3 Å². The van der Waals surface area contributed by atoms with Gasteiger partial charge in [0, 0.05) is 0 Å². The van der Waals surface area contributed by atoms with Crippen LogP contribution in [0.5, 0.6) is 5.75 Å². The average molecular weight is 344 g/mol. The van der Waals surface area contributed by atoms with E-state index in [-0.39, 0.29) is 28.8 Å². The summed E-state index contributed by atoms with van der Waals surface area (Å²) in [6.45, 7) is 11.0. The molecule has 0 radical (unpaired) electrons. The molecule has 2 aliphatic rings. The van der Waals surface area contributed by atoms with Crippen molar-refractivity contribution in [2.75, 3.05) is 7.11 Å². The molecule has 0 unspecified atom stereocenters. The Bertz CT molecular complexity index is 661. The lowest BCUT2D eigenvalue weighted by molar-refractivity contribution is -0.151. The first-order chi connectivity index (χ1) is 11.7. The fraction of sp³-hybridized carbons (Fsp3) is 0.682. The van der Waals surface area contributed by atoms with Crippen LogP contribution in [0.25, 0.3) is 0 Å². The van der Waals surface area contributed by atoms with Crippen LogP contribution in [0.2, 0.25) is 0 Å². The first-order valence-corrected chi connectivity index (χ1v) is 9.58. The highest BCUT2D eigenvalue weighted by Gasteiger charge is 2.53. The van der Waals surface area contributed by atoms with Gasteiger partial charge < -0.3 is 9.47 Å². The smallest absolute Gasteiger partial charge is 0.313 e. The Kier molecular flexibility index (Phi) is 4.63. The summed E-state index contributed by atoms with van der Waals surface area (Å²) in [5.41, 5.74) is 2.76. The molecule has 1 saturated carbocycles. The molecule has 0 aliphatic heterocycles. The number of ether oxygens (including phenoxy) is 2. The van der Waals surface area contributed by atoms with Crippen LogP contribution in [0.4, 0.5) is 0 Å². The Morgan fingerprint density at radius 2 is 1.92 bits per heavy atom. The predicted octanol–water partition coefficient (Wildman–Crippen LogP) is 5.22. The van der Waals surface area contributed by atoms with Gasteiger partial charge in [-0.15, -0.1) is 0 Å². The maximum absolute atomic E-state index is 12.9. The first-order valence-electron chi connectivity index (χ1n) is 9.58. The Hall–Kier alpha value is -1.51. The zero-order chi connectivity index (χ0) is 18.4. The van der Waals surface area contributed by atoms with E-state index >= 15 is 0 Å². The van der Waals surface area contributed by atoms with E-state index < -0.39 is 0 Å². The van der Waals surface area contributed by atoms with E-state index in [1.54, 1.807) is 7.11 Å². The lowest BCUT2D eigenvalue weighted by Gasteiger charge is -2.55. The van der Waals surface area contributed by atoms with Crippen LogP contribution in [0, 0.1) is 11.3 Å². The van der Waals surface area contributed by atoms with Gasteiger partial charge in [0.2, 0.25) is 0 Å². The Labute approximate surface area is 152 Å². The van der Waals surface area contributed by atoms with Crippen LogP contribution < -0.4 is 4.74 Å². The second kappa shape index (κ2) is 6.34. The minimum atomic E-state index is -0.168. The molecule has 3 atom stereocenters. The van der Waals surface area contributed by atoms with Gasteiger partial charge in [-0.1, -0.05) is 33.3 Å². The summed E-state index contributed by atoms with van der Waals surface area (Å²) >= 11 is 0. The fourth-order valence-electron chi connectivity index (χ4n) is 5.38. The van der Waals surface area contributed by atoms with Gasteiger partial charge >= 0.3 is 5.97 Å². The normalized spacial score (nSPS) is 30.4. The van der Waals surface area contributed by atoms with Crippen molar-refractivity contribution < 1.29 is 14.3 Å². The van der Waals surface area contributed by atoms with Crippen LogP contribution in [-0.4, -0.2) is 19.2 Å². The summed E-state index contributed by atoms with van der Waals surface area (Å²) in [5.74, 6) is 1.10. The number of benzene rings is 1. The van der Waals surface area contributed by atoms with Gasteiger partial charge in [0.05, 0.1) is 19.1 Å². The van der Waals surface area contributed by atoms with Crippen LogP contribution in [0.15, 0.2) is 18.2 Å². The van der Waals surface area contributed by atoms with Gasteiger partial charge in [0.1, 0.15) is 5.75 Å². The van der Waals surface area contributed by atoms with Gasteiger partial charge in [-0.3, -0.25) is 4.79 Å². The molecule has 0 bridgehead atoms. The van der Waals surface area contributed by atoms with Gasteiger partial charge in [-0.05, 0) is 73.1 Å². The summed E-state index contributed by atoms with van der Waals surface area (Å²) in [6.07, 6.45) is 4.43. The number of carbonyl (C=O) groups excluding carboxylic acids is 1. The number of hydrogen-bond acceptors (Lipinski definition) is 3. The summed E-state index contributed by atoms with van der Waals surface area (Å²) in [6, 6.07) is 6.23. The van der Waals surface area contributed by atoms with Gasteiger partial charge in [-0.25, -0.2) is 0 Å². The monoisotopic (exact) mass is 344 g/mol. The van der Waals surface area contributed by atoms with E-state index in [9.17, 15) is 4.79 Å². The molecular weight excluding hydrogens is 312 g/mol. The molecule has 0 heterocycles. The summed E-state index contributed by atoms with van der Waals surface area (Å²) in [7, 11) is 1.71. The maximum atomic E-state index is 12.9. The molecule has 3 heteroatoms. The topological polar surface area (TPSA) is 35.5 Å². The van der Waals surface area contributed by atoms with Crippen LogP contribution in [-0.2, 0) is 14.9 Å². The van der Waals surface area contributed by atoms with E-state index in [4.69, 9.17) is 9.47 Å². The van der Waals surface area contributed by atoms with Crippen molar-refractivity contribution in [1.82, 2.24) is 0 Å². The number of fused-ring (bicyclic) bond motifs is 3. The maximum Gasteiger partial charge on any atom is 0.313 e. The van der Waals surface area contributed by atoms with Crippen molar-refractivity contribution in [3.8, 4) is 5.75 Å². The number of carbonyl (C=O) groups is 1. The summed E-state index contributed by atoms with van der Waals surface area (Å²) in [5, 5.41) is 0. The first kappa shape index (κ1) is 18.3. The fourth-order valence-corrected chi connectivity index (χ4v) is 5.38. The number of esters is 1. The molecule has 0 N–H and O–H groups in total. The average Bonchev–Trinajstić information content (AvgIpc) is 2.53. The van der Waals surface area contributed by atoms with E-state index in [2.05, 4.69) is 32.9 Å². The van der Waals surface area contributed by atoms with E-state index in [0.29, 0.717) is 5.92 Å². The Morgan fingerprint density at radius 1 is 1.20 bits per heavy atom. The zero-order valence-corrected chi connectivity index (χ0v) is 16.5. The number of rotatable bonds is 3. The molecule has 3 nitrogen and oxygen atoms in total. The summed E-state index contributed by atoms with van der Waals surface area (Å²) < 4.78 is 11.1. The highest BCUT2D eigenvalue weighted by atomic mass is 16.5. The molecule has 0 saturated heterocycles. The molecule has 0 aromatic heterocycles. The SMILES string of the molecule is COc1ccc2c(c1)[C@]1(C)CCCC(C)(C)[C@H]1C[C@H]2C(=O)OC(C)C. The quantitative estimate of drug-likeness (QED) is 0.705. The third kappa shape index (κ3) is 3.07. The molecule has 1 aromatic carbocycles. The minimum Gasteiger partial charge on any atom is -0.497 e. The van der Waals surface area contributed by atoms with Crippen molar-refractivity contribution in [1.29, 1.82) is 0 Å². The van der Waals surface area contributed by atoms with Crippen LogP contribution in [0.1, 0.15) is 77.3 Å². The molecule has 3 rings (SSSR count). The van der Waals surface area contributed by atoms with E-state index in [1.165, 1.54) is 24.8 Å². The second-order valence-corrected chi connectivity index (χ2v) is 9.04. The Morgan fingerprint density at radius 3 is 2.56 bits per heavy atom. The third-order valence-electron chi connectivity index (χ3n) is 6.59. The highest BCUT2D eigenvalue weighted by molar-refractivity contribution is 5.80. The Balaban J connectivity index is 2.12. The lowest BCUT2D eigenvalue weighted by atomic mass is 9.49. The number of methoxy groups -OCH3 is 1. The molecule has 2 aliphatic carbocycles. The van der Waals surface area contributed by atoms with Gasteiger partial charge in [-0.2, -0.15) is 0 Å². The van der Waals surface area contributed by atoms with Crippen molar-refractivity contribution in [3.63, 3.8) is 0 Å². The molecule has 0 spiro atoms. The van der Waals surface area contributed by atoms with Gasteiger partial charge in [0.15, 0.2) is 0 Å². The van der Waals surface area contributed by atoms with Crippen molar-refractivity contribution >= 4 is 5.97 Å². The number of hydrogen-bond donors (Lipinski definition) is 0. The largest absolute Gasteiger partial charge is 0.497 e. The third-order valence-corrected chi connectivity index (χ3v) is 6.59. The predicted molar refractivity (Wildman–Crippen MR) is 100 cm³/mol. The van der Waals surface area contributed by atoms with E-state index in [0.717, 1.165) is 17.7 Å². The molecule has 25 heavy (non-hydrogen) atoms. The molecule has 1 fully saturated rings. The highest BCUT2D eigenvalue weighted by Crippen LogP contribution is 2.60. The minimum absolute atomic E-state index is 0.0789. The van der Waals surface area contributed by atoms with Gasteiger partial charge in [0.25, 0.3) is 0 Å².